The number of nitrogens with zero attached hydrogens (tertiary/aromatic N) is 1. The van der Waals surface area contributed by atoms with Crippen molar-refractivity contribution in [3.63, 3.8) is 0 Å². The Bertz CT molecular complexity index is 839. The van der Waals surface area contributed by atoms with E-state index < -0.39 is 0 Å². The monoisotopic (exact) mass is 334 g/mol. The van der Waals surface area contributed by atoms with Crippen LogP contribution in [0.1, 0.15) is 18.1 Å². The second kappa shape index (κ2) is 8.29. The van der Waals surface area contributed by atoms with Crippen LogP contribution in [0.4, 0.5) is 0 Å². The lowest BCUT2D eigenvalue weighted by molar-refractivity contribution is -0.120. The number of para-hydroxylation sites is 1. The topological polar surface area (TPSA) is 51.2 Å². The Balaban J connectivity index is 1.52. The number of aromatic nitrogens is 1. The zero-order chi connectivity index (χ0) is 17.5. The molecule has 128 valence electrons. The summed E-state index contributed by atoms with van der Waals surface area (Å²) in [7, 11) is 0. The highest BCUT2D eigenvalue weighted by Crippen LogP contribution is 2.16. The van der Waals surface area contributed by atoms with Crippen molar-refractivity contribution in [2.24, 2.45) is 0 Å². The van der Waals surface area contributed by atoms with Crippen LogP contribution in [-0.4, -0.2) is 24.0 Å². The predicted octanol–water partition coefficient (Wildman–Crippen LogP) is 3.53. The van der Waals surface area contributed by atoms with Gasteiger partial charge in [-0.05, 0) is 42.7 Å². The van der Waals surface area contributed by atoms with Gasteiger partial charge >= 0.3 is 0 Å². The first kappa shape index (κ1) is 17.0. The number of carbonyl (C=O) groups is 1. The van der Waals surface area contributed by atoms with E-state index in [1.807, 2.05) is 43.3 Å². The normalized spacial score (nSPS) is 10.6. The minimum atomic E-state index is 0.0253. The van der Waals surface area contributed by atoms with Crippen molar-refractivity contribution in [1.29, 1.82) is 0 Å². The van der Waals surface area contributed by atoms with Crippen LogP contribution in [0.15, 0.2) is 60.8 Å². The minimum Gasteiger partial charge on any atom is -0.494 e. The Labute approximate surface area is 147 Å². The first-order valence-corrected chi connectivity index (χ1v) is 8.57. The predicted molar refractivity (Wildman–Crippen MR) is 99.8 cm³/mol. The van der Waals surface area contributed by atoms with E-state index in [2.05, 4.69) is 28.5 Å². The van der Waals surface area contributed by atoms with Gasteiger partial charge in [-0.2, -0.15) is 0 Å². The summed E-state index contributed by atoms with van der Waals surface area (Å²) in [5.41, 5.74) is 3.14. The van der Waals surface area contributed by atoms with Gasteiger partial charge < -0.3 is 10.1 Å². The molecule has 0 aliphatic carbocycles. The molecule has 4 nitrogen and oxygen atoms in total. The quantitative estimate of drug-likeness (QED) is 0.719. The van der Waals surface area contributed by atoms with Crippen molar-refractivity contribution in [3.8, 4) is 5.75 Å². The molecule has 3 aromatic rings. The average molecular weight is 334 g/mol. The molecule has 0 spiro atoms. The summed E-state index contributed by atoms with van der Waals surface area (Å²) in [6, 6.07) is 17.8. The van der Waals surface area contributed by atoms with E-state index in [0.29, 0.717) is 19.6 Å². The van der Waals surface area contributed by atoms with Crippen LogP contribution >= 0.6 is 0 Å². The molecule has 0 unspecified atom stereocenters. The Hall–Kier alpha value is -2.88. The summed E-state index contributed by atoms with van der Waals surface area (Å²) < 4.78 is 5.41. The fourth-order valence-corrected chi connectivity index (χ4v) is 2.82. The maximum absolute atomic E-state index is 12.1. The van der Waals surface area contributed by atoms with Gasteiger partial charge in [0.15, 0.2) is 0 Å². The third-order valence-electron chi connectivity index (χ3n) is 4.03. The summed E-state index contributed by atoms with van der Waals surface area (Å²) in [6.07, 6.45) is 2.94. The van der Waals surface area contributed by atoms with Crippen molar-refractivity contribution < 1.29 is 9.53 Å². The highest BCUT2D eigenvalue weighted by molar-refractivity contribution is 5.82. The van der Waals surface area contributed by atoms with Crippen LogP contribution in [0.5, 0.6) is 5.75 Å². The largest absolute Gasteiger partial charge is 0.494 e. The Morgan fingerprint density at radius 2 is 1.88 bits per heavy atom. The fraction of sp³-hybridized carbons (Fsp3) is 0.238. The molecule has 1 N–H and O–H groups in total. The number of nitrogens with one attached hydrogen (secondary N) is 1. The van der Waals surface area contributed by atoms with Crippen LogP contribution in [0, 0.1) is 0 Å². The van der Waals surface area contributed by atoms with E-state index in [1.165, 1.54) is 0 Å². The molecule has 0 aliphatic heterocycles. The third-order valence-corrected chi connectivity index (χ3v) is 4.03. The number of amides is 1. The highest BCUT2D eigenvalue weighted by atomic mass is 16.5. The number of benzene rings is 2. The van der Waals surface area contributed by atoms with Gasteiger partial charge in [0.1, 0.15) is 5.75 Å². The van der Waals surface area contributed by atoms with Crippen molar-refractivity contribution in [1.82, 2.24) is 10.3 Å². The van der Waals surface area contributed by atoms with E-state index in [1.54, 1.807) is 6.20 Å². The van der Waals surface area contributed by atoms with Crippen LogP contribution < -0.4 is 10.1 Å². The van der Waals surface area contributed by atoms with Gasteiger partial charge in [0.05, 0.1) is 18.5 Å². The molecule has 1 aromatic heterocycles. The Morgan fingerprint density at radius 3 is 2.68 bits per heavy atom. The first-order valence-electron chi connectivity index (χ1n) is 8.57. The number of hydrogen-bond donors (Lipinski definition) is 1. The molecule has 1 heterocycles. The lowest BCUT2D eigenvalue weighted by Gasteiger charge is -2.08. The molecule has 2 aromatic carbocycles. The molecular formula is C21H22N2O2. The molecule has 0 fully saturated rings. The molecule has 0 saturated carbocycles. The number of pyridine rings is 1. The first-order chi connectivity index (χ1) is 12.3. The second-order valence-electron chi connectivity index (χ2n) is 5.85. The summed E-state index contributed by atoms with van der Waals surface area (Å²) in [4.78, 5) is 16.6. The average Bonchev–Trinajstić information content (AvgIpc) is 2.64. The van der Waals surface area contributed by atoms with Crippen LogP contribution in [0.2, 0.25) is 0 Å². The van der Waals surface area contributed by atoms with Crippen LogP contribution in [0.3, 0.4) is 0 Å². The van der Waals surface area contributed by atoms with Crippen molar-refractivity contribution >= 4 is 16.8 Å². The third kappa shape index (κ3) is 4.57. The van der Waals surface area contributed by atoms with E-state index in [4.69, 9.17) is 4.74 Å². The lowest BCUT2D eigenvalue weighted by Crippen LogP contribution is -2.27. The number of hydrogen-bond acceptors (Lipinski definition) is 3. The number of ether oxygens (including phenoxy) is 1. The van der Waals surface area contributed by atoms with Crippen LogP contribution in [-0.2, 0) is 17.6 Å². The molecule has 0 bridgehead atoms. The maximum Gasteiger partial charge on any atom is 0.224 e. The van der Waals surface area contributed by atoms with Gasteiger partial charge in [-0.15, -0.1) is 0 Å². The molecule has 3 rings (SSSR count). The van der Waals surface area contributed by atoms with Gasteiger partial charge in [0.2, 0.25) is 5.91 Å². The summed E-state index contributed by atoms with van der Waals surface area (Å²) >= 11 is 0. The zero-order valence-corrected chi connectivity index (χ0v) is 14.4. The molecule has 0 saturated heterocycles. The minimum absolute atomic E-state index is 0.0253. The van der Waals surface area contributed by atoms with Crippen LogP contribution in [0.25, 0.3) is 10.9 Å². The molecule has 1 amide bonds. The van der Waals surface area contributed by atoms with Gasteiger partial charge in [0.25, 0.3) is 0 Å². The smallest absolute Gasteiger partial charge is 0.224 e. The van der Waals surface area contributed by atoms with Gasteiger partial charge in [0, 0.05) is 18.1 Å². The van der Waals surface area contributed by atoms with E-state index in [9.17, 15) is 4.79 Å². The molecule has 0 aliphatic rings. The number of carbonyl (C=O) groups excluding carboxylic acids is 1. The van der Waals surface area contributed by atoms with Crippen molar-refractivity contribution in [2.75, 3.05) is 13.2 Å². The maximum atomic E-state index is 12.1. The number of fused-ring (bicyclic) bond motifs is 1. The zero-order valence-electron chi connectivity index (χ0n) is 14.4. The lowest BCUT2D eigenvalue weighted by atomic mass is 10.1. The summed E-state index contributed by atoms with van der Waals surface area (Å²) in [5.74, 6) is 0.854. The Kier molecular flexibility index (Phi) is 5.62. The van der Waals surface area contributed by atoms with E-state index in [-0.39, 0.29) is 5.91 Å². The van der Waals surface area contributed by atoms with Gasteiger partial charge in [-0.25, -0.2) is 0 Å². The number of rotatable bonds is 7. The molecule has 0 radical (unpaired) electrons. The van der Waals surface area contributed by atoms with E-state index >= 15 is 0 Å². The van der Waals surface area contributed by atoms with Crippen molar-refractivity contribution in [2.45, 2.75) is 19.8 Å². The fourth-order valence-electron chi connectivity index (χ4n) is 2.82. The Morgan fingerprint density at radius 1 is 1.08 bits per heavy atom. The molecule has 4 heteroatoms. The molecule has 25 heavy (non-hydrogen) atoms. The SMILES string of the molecule is CCOc1ccc(CC(=O)NCCc2cccc3cccnc23)cc1. The molecule has 0 atom stereocenters. The summed E-state index contributed by atoms with van der Waals surface area (Å²) in [6.45, 7) is 3.20. The standard InChI is InChI=1S/C21H22N2O2/c1-2-25-19-10-8-16(9-11-19)15-20(24)22-14-12-18-6-3-5-17-7-4-13-23-21(17)18/h3-11,13H,2,12,14-15H2,1H3,(H,22,24). The highest BCUT2D eigenvalue weighted by Gasteiger charge is 2.05. The van der Waals surface area contributed by atoms with Gasteiger partial charge in [-0.1, -0.05) is 36.4 Å². The second-order valence-corrected chi connectivity index (χ2v) is 5.85. The van der Waals surface area contributed by atoms with Gasteiger partial charge in [-0.3, -0.25) is 9.78 Å². The van der Waals surface area contributed by atoms with E-state index in [0.717, 1.165) is 34.2 Å². The molecular weight excluding hydrogens is 312 g/mol. The van der Waals surface area contributed by atoms with Crippen molar-refractivity contribution in [3.05, 3.63) is 71.9 Å². The summed E-state index contributed by atoms with van der Waals surface area (Å²) in [5, 5.41) is 4.11.